The molecule has 1 aromatic carbocycles. The van der Waals surface area contributed by atoms with Gasteiger partial charge in [0.2, 0.25) is 5.91 Å². The number of rotatable bonds is 6. The minimum Gasteiger partial charge on any atom is -0.301 e. The molecular formula is C15H16N4O3S3. The molecule has 2 N–H and O–H groups in total. The smallest absolute Gasteiger partial charge is 0.271 e. The largest absolute Gasteiger partial charge is 0.301 e. The molecule has 3 rings (SSSR count). The van der Waals surface area contributed by atoms with E-state index in [1.54, 1.807) is 40.6 Å². The Morgan fingerprint density at radius 1 is 1.28 bits per heavy atom. The molecule has 0 aliphatic carbocycles. The number of carbonyl (C=O) groups excluding carboxylic acids is 1. The van der Waals surface area contributed by atoms with Gasteiger partial charge in [-0.2, -0.15) is 0 Å². The van der Waals surface area contributed by atoms with Crippen molar-refractivity contribution in [1.82, 2.24) is 9.88 Å². The van der Waals surface area contributed by atoms with Crippen molar-refractivity contribution in [3.8, 4) is 0 Å². The van der Waals surface area contributed by atoms with Crippen LogP contribution >= 0.6 is 22.7 Å². The first kappa shape index (κ1) is 17.8. The SMILES string of the molecule is CN(C)CC(=O)Nc1nc2ccc(NS(=O)(=O)c3cccs3)cc2s1. The lowest BCUT2D eigenvalue weighted by molar-refractivity contribution is -0.116. The first-order valence-corrected chi connectivity index (χ1v) is 10.4. The number of sulfonamides is 1. The summed E-state index contributed by atoms with van der Waals surface area (Å²) in [5.74, 6) is -0.150. The van der Waals surface area contributed by atoms with Crippen LogP contribution in [0.3, 0.4) is 0 Å². The van der Waals surface area contributed by atoms with Crippen molar-refractivity contribution in [1.29, 1.82) is 0 Å². The van der Waals surface area contributed by atoms with E-state index >= 15 is 0 Å². The molecular weight excluding hydrogens is 380 g/mol. The lowest BCUT2D eigenvalue weighted by atomic mass is 10.3. The second-order valence-corrected chi connectivity index (χ2v) is 9.41. The van der Waals surface area contributed by atoms with E-state index in [0.717, 1.165) is 16.0 Å². The van der Waals surface area contributed by atoms with Gasteiger partial charge in [0.25, 0.3) is 10.0 Å². The van der Waals surface area contributed by atoms with Gasteiger partial charge in [0, 0.05) is 0 Å². The predicted molar refractivity (Wildman–Crippen MR) is 102 cm³/mol. The van der Waals surface area contributed by atoms with Crippen molar-refractivity contribution >= 4 is 59.6 Å². The molecule has 1 amide bonds. The average molecular weight is 397 g/mol. The van der Waals surface area contributed by atoms with Crippen molar-refractivity contribution in [2.24, 2.45) is 0 Å². The number of anilines is 2. The van der Waals surface area contributed by atoms with Crippen molar-refractivity contribution in [3.05, 3.63) is 35.7 Å². The number of amides is 1. The standard InChI is InChI=1S/C15H16N4O3S3/c1-19(2)9-13(20)17-15-16-11-6-5-10(8-12(11)24-15)18-25(21,22)14-4-3-7-23-14/h3-8,18H,9H2,1-2H3,(H,16,17,20). The number of hydrogen-bond donors (Lipinski definition) is 2. The Morgan fingerprint density at radius 2 is 2.08 bits per heavy atom. The third-order valence-electron chi connectivity index (χ3n) is 3.11. The van der Waals surface area contributed by atoms with E-state index in [-0.39, 0.29) is 16.7 Å². The fourth-order valence-corrected chi connectivity index (χ4v) is 5.07. The summed E-state index contributed by atoms with van der Waals surface area (Å²) < 4.78 is 28.2. The Balaban J connectivity index is 1.80. The Bertz CT molecular complexity index is 994. The zero-order valence-corrected chi connectivity index (χ0v) is 16.0. The van der Waals surface area contributed by atoms with Crippen LogP contribution in [0.15, 0.2) is 39.9 Å². The summed E-state index contributed by atoms with van der Waals surface area (Å²) in [4.78, 5) is 17.9. The average Bonchev–Trinajstić information content (AvgIpc) is 3.14. The van der Waals surface area contributed by atoms with Crippen LogP contribution in [0.4, 0.5) is 10.8 Å². The molecule has 0 saturated carbocycles. The first-order chi connectivity index (χ1) is 11.8. The van der Waals surface area contributed by atoms with Crippen molar-refractivity contribution in [2.45, 2.75) is 4.21 Å². The second kappa shape index (κ2) is 7.08. The Hall–Kier alpha value is -2.01. The number of nitrogens with one attached hydrogen (secondary N) is 2. The lowest BCUT2D eigenvalue weighted by Crippen LogP contribution is -2.26. The van der Waals surface area contributed by atoms with Gasteiger partial charge in [-0.25, -0.2) is 13.4 Å². The topological polar surface area (TPSA) is 91.4 Å². The zero-order chi connectivity index (χ0) is 18.0. The van der Waals surface area contributed by atoms with E-state index in [4.69, 9.17) is 0 Å². The Labute approximate surface area is 153 Å². The second-order valence-electron chi connectivity index (χ2n) is 5.53. The molecule has 0 saturated heterocycles. The zero-order valence-electron chi connectivity index (χ0n) is 13.5. The first-order valence-electron chi connectivity index (χ1n) is 7.25. The van der Waals surface area contributed by atoms with Gasteiger partial charge in [-0.3, -0.25) is 9.52 Å². The summed E-state index contributed by atoms with van der Waals surface area (Å²) in [5.41, 5.74) is 1.15. The van der Waals surface area contributed by atoms with Gasteiger partial charge in [0.05, 0.1) is 22.4 Å². The van der Waals surface area contributed by atoms with E-state index in [0.29, 0.717) is 16.3 Å². The van der Waals surface area contributed by atoms with Gasteiger partial charge in [-0.05, 0) is 43.7 Å². The number of carbonyl (C=O) groups is 1. The summed E-state index contributed by atoms with van der Waals surface area (Å²) >= 11 is 2.45. The minimum atomic E-state index is -3.59. The molecule has 132 valence electrons. The molecule has 0 bridgehead atoms. The van der Waals surface area contributed by atoms with Crippen LogP contribution in [0.5, 0.6) is 0 Å². The molecule has 25 heavy (non-hydrogen) atoms. The fraction of sp³-hybridized carbons (Fsp3) is 0.200. The van der Waals surface area contributed by atoms with Crippen LogP contribution in [-0.4, -0.2) is 44.8 Å². The maximum absolute atomic E-state index is 12.3. The number of aromatic nitrogens is 1. The van der Waals surface area contributed by atoms with Crippen LogP contribution in [-0.2, 0) is 14.8 Å². The van der Waals surface area contributed by atoms with E-state index in [1.807, 2.05) is 14.1 Å². The van der Waals surface area contributed by atoms with E-state index in [9.17, 15) is 13.2 Å². The van der Waals surface area contributed by atoms with Crippen LogP contribution in [0, 0.1) is 0 Å². The van der Waals surface area contributed by atoms with Crippen LogP contribution in [0.2, 0.25) is 0 Å². The highest BCUT2D eigenvalue weighted by Crippen LogP contribution is 2.29. The molecule has 0 aliphatic heterocycles. The summed E-state index contributed by atoms with van der Waals surface area (Å²) in [6, 6.07) is 8.32. The highest BCUT2D eigenvalue weighted by molar-refractivity contribution is 7.94. The van der Waals surface area contributed by atoms with Crippen molar-refractivity contribution in [2.75, 3.05) is 30.7 Å². The van der Waals surface area contributed by atoms with Gasteiger partial charge >= 0.3 is 0 Å². The molecule has 0 spiro atoms. The number of likely N-dealkylation sites (N-methyl/N-ethyl adjacent to an activating group) is 1. The Morgan fingerprint density at radius 3 is 2.76 bits per heavy atom. The number of hydrogen-bond acceptors (Lipinski definition) is 7. The number of thiazole rings is 1. The monoisotopic (exact) mass is 396 g/mol. The lowest BCUT2D eigenvalue weighted by Gasteiger charge is -2.07. The maximum atomic E-state index is 12.3. The number of nitrogens with zero attached hydrogens (tertiary/aromatic N) is 2. The Kier molecular flexibility index (Phi) is 5.04. The van der Waals surface area contributed by atoms with E-state index in [1.165, 1.54) is 11.3 Å². The molecule has 2 aromatic heterocycles. The van der Waals surface area contributed by atoms with Crippen LogP contribution < -0.4 is 10.0 Å². The van der Waals surface area contributed by atoms with E-state index in [2.05, 4.69) is 15.0 Å². The molecule has 2 heterocycles. The van der Waals surface area contributed by atoms with Crippen LogP contribution in [0.1, 0.15) is 0 Å². The molecule has 0 radical (unpaired) electrons. The van der Waals surface area contributed by atoms with Crippen molar-refractivity contribution < 1.29 is 13.2 Å². The summed E-state index contributed by atoms with van der Waals surface area (Å²) in [6.07, 6.45) is 0. The normalized spacial score (nSPS) is 11.8. The number of fused-ring (bicyclic) bond motifs is 1. The summed E-state index contributed by atoms with van der Waals surface area (Å²) in [7, 11) is 0.0320. The molecule has 0 unspecified atom stereocenters. The third kappa shape index (κ3) is 4.34. The number of benzene rings is 1. The minimum absolute atomic E-state index is 0.150. The van der Waals surface area contributed by atoms with E-state index < -0.39 is 10.0 Å². The van der Waals surface area contributed by atoms with Gasteiger partial charge in [0.1, 0.15) is 4.21 Å². The van der Waals surface area contributed by atoms with Crippen LogP contribution in [0.25, 0.3) is 10.2 Å². The molecule has 7 nitrogen and oxygen atoms in total. The quantitative estimate of drug-likeness (QED) is 0.668. The highest BCUT2D eigenvalue weighted by atomic mass is 32.2. The number of thiophene rings is 1. The fourth-order valence-electron chi connectivity index (χ4n) is 2.11. The molecule has 0 atom stereocenters. The molecule has 3 aromatic rings. The van der Waals surface area contributed by atoms with Gasteiger partial charge in [0.15, 0.2) is 5.13 Å². The summed E-state index contributed by atoms with van der Waals surface area (Å²) in [6.45, 7) is 0.266. The molecule has 10 heteroatoms. The summed E-state index contributed by atoms with van der Waals surface area (Å²) in [5, 5.41) is 4.94. The van der Waals surface area contributed by atoms with Crippen molar-refractivity contribution in [3.63, 3.8) is 0 Å². The highest BCUT2D eigenvalue weighted by Gasteiger charge is 2.16. The molecule has 0 aliphatic rings. The van der Waals surface area contributed by atoms with Gasteiger partial charge in [-0.15, -0.1) is 11.3 Å². The van der Waals surface area contributed by atoms with Gasteiger partial charge < -0.3 is 10.2 Å². The molecule has 0 fully saturated rings. The maximum Gasteiger partial charge on any atom is 0.271 e. The predicted octanol–water partition coefficient (Wildman–Crippen LogP) is 2.66. The van der Waals surface area contributed by atoms with Gasteiger partial charge in [-0.1, -0.05) is 17.4 Å². The third-order valence-corrected chi connectivity index (χ3v) is 6.82.